The summed E-state index contributed by atoms with van der Waals surface area (Å²) in [5.74, 6) is 3.31. The van der Waals surface area contributed by atoms with E-state index in [1.165, 1.54) is 23.6 Å². The second-order valence-electron chi connectivity index (χ2n) is 3.11. The first kappa shape index (κ1) is 11.4. The highest BCUT2D eigenvalue weighted by Gasteiger charge is 2.42. The Morgan fingerprint density at radius 1 is 1.41 bits per heavy atom. The molecule has 8 heteroatoms. The van der Waals surface area contributed by atoms with Crippen molar-refractivity contribution >= 4 is 5.91 Å². The number of alkyl halides is 2. The molecule has 3 N–H and O–H groups in total. The van der Waals surface area contributed by atoms with Gasteiger partial charge in [-0.15, -0.1) is 0 Å². The highest BCUT2D eigenvalue weighted by Crippen LogP contribution is 2.36. The maximum Gasteiger partial charge on any atom is 0.483 e. The molecule has 0 fully saturated rings. The standard InChI is InChI=1S/C9H8F2N2O4/c10-9(11,8(14)13-12)17-5-1-2-6-7(3-5)16-4-15-6/h1-3H,4,12H2,(H,13,14). The first-order chi connectivity index (χ1) is 8.03. The predicted octanol–water partition coefficient (Wildman–Crippen LogP) is 0.377. The van der Waals surface area contributed by atoms with Gasteiger partial charge in [0, 0.05) is 6.07 Å². The summed E-state index contributed by atoms with van der Waals surface area (Å²) in [6.45, 7) is 0.0124. The van der Waals surface area contributed by atoms with Gasteiger partial charge >= 0.3 is 12.0 Å². The van der Waals surface area contributed by atoms with Gasteiger partial charge in [0.1, 0.15) is 5.75 Å². The first-order valence-corrected chi connectivity index (χ1v) is 4.50. The van der Waals surface area contributed by atoms with Gasteiger partial charge in [0.25, 0.3) is 0 Å². The van der Waals surface area contributed by atoms with E-state index in [-0.39, 0.29) is 18.3 Å². The highest BCUT2D eigenvalue weighted by atomic mass is 19.3. The van der Waals surface area contributed by atoms with Gasteiger partial charge in [0.15, 0.2) is 11.5 Å². The van der Waals surface area contributed by atoms with Crippen LogP contribution in [0.1, 0.15) is 0 Å². The van der Waals surface area contributed by atoms with Crippen molar-refractivity contribution in [3.05, 3.63) is 18.2 Å². The number of nitrogens with one attached hydrogen (secondary N) is 1. The van der Waals surface area contributed by atoms with Crippen molar-refractivity contribution in [2.45, 2.75) is 6.11 Å². The van der Waals surface area contributed by atoms with Gasteiger partial charge in [0.2, 0.25) is 6.79 Å². The molecule has 1 aromatic carbocycles. The monoisotopic (exact) mass is 246 g/mol. The van der Waals surface area contributed by atoms with Crippen molar-refractivity contribution < 1.29 is 27.8 Å². The van der Waals surface area contributed by atoms with Crippen LogP contribution in [0.4, 0.5) is 8.78 Å². The minimum Gasteiger partial charge on any atom is -0.454 e. The third kappa shape index (κ3) is 2.21. The Labute approximate surface area is 94.2 Å². The Morgan fingerprint density at radius 3 is 2.82 bits per heavy atom. The molecule has 0 saturated carbocycles. The Morgan fingerprint density at radius 2 is 2.12 bits per heavy atom. The normalized spacial score (nSPS) is 13.4. The molecule has 0 unspecified atom stereocenters. The summed E-state index contributed by atoms with van der Waals surface area (Å²) < 4.78 is 40.3. The van der Waals surface area contributed by atoms with Crippen LogP contribution in [-0.4, -0.2) is 18.8 Å². The van der Waals surface area contributed by atoms with Crippen molar-refractivity contribution in [3.8, 4) is 17.2 Å². The summed E-state index contributed by atoms with van der Waals surface area (Å²) in [4.78, 5) is 10.7. The number of nitrogens with two attached hydrogens (primary N) is 1. The van der Waals surface area contributed by atoms with Crippen LogP contribution in [0, 0.1) is 0 Å². The number of hydrogen-bond acceptors (Lipinski definition) is 5. The number of hydrogen-bond donors (Lipinski definition) is 2. The summed E-state index contributed by atoms with van der Waals surface area (Å²) in [7, 11) is 0. The van der Waals surface area contributed by atoms with E-state index in [4.69, 9.17) is 9.47 Å². The zero-order valence-corrected chi connectivity index (χ0v) is 8.41. The average Bonchev–Trinajstić information content (AvgIpc) is 2.74. The first-order valence-electron chi connectivity index (χ1n) is 4.50. The van der Waals surface area contributed by atoms with Crippen LogP contribution in [-0.2, 0) is 4.79 Å². The molecule has 2 rings (SSSR count). The molecule has 0 aromatic heterocycles. The van der Waals surface area contributed by atoms with Crippen LogP contribution >= 0.6 is 0 Å². The molecule has 6 nitrogen and oxygen atoms in total. The maximum atomic E-state index is 13.1. The highest BCUT2D eigenvalue weighted by molar-refractivity contribution is 5.81. The van der Waals surface area contributed by atoms with Gasteiger partial charge in [0.05, 0.1) is 0 Å². The second kappa shape index (κ2) is 4.06. The minimum absolute atomic E-state index is 0.0124. The minimum atomic E-state index is -4.05. The van der Waals surface area contributed by atoms with Gasteiger partial charge in [-0.05, 0) is 12.1 Å². The lowest BCUT2D eigenvalue weighted by Crippen LogP contribution is -2.47. The molecule has 17 heavy (non-hydrogen) atoms. The lowest BCUT2D eigenvalue weighted by molar-refractivity contribution is -0.192. The molecular weight excluding hydrogens is 238 g/mol. The van der Waals surface area contributed by atoms with E-state index >= 15 is 0 Å². The number of carbonyl (C=O) groups is 1. The molecule has 0 radical (unpaired) electrons. The Balaban J connectivity index is 2.16. The van der Waals surface area contributed by atoms with E-state index in [0.717, 1.165) is 0 Å². The smallest absolute Gasteiger partial charge is 0.454 e. The quantitative estimate of drug-likeness (QED) is 0.457. The molecule has 1 aromatic rings. The predicted molar refractivity (Wildman–Crippen MR) is 50.5 cm³/mol. The van der Waals surface area contributed by atoms with Crippen molar-refractivity contribution in [2.75, 3.05) is 6.79 Å². The van der Waals surface area contributed by atoms with E-state index in [9.17, 15) is 13.6 Å². The Hall–Kier alpha value is -2.09. The molecule has 92 valence electrons. The molecular formula is C9H8F2N2O4. The fraction of sp³-hybridized carbons (Fsp3) is 0.222. The van der Waals surface area contributed by atoms with Crippen molar-refractivity contribution in [3.63, 3.8) is 0 Å². The summed E-state index contributed by atoms with van der Waals surface area (Å²) >= 11 is 0. The second-order valence-corrected chi connectivity index (χ2v) is 3.11. The van der Waals surface area contributed by atoms with Crippen LogP contribution in [0.15, 0.2) is 18.2 Å². The van der Waals surface area contributed by atoms with Crippen LogP contribution in [0.25, 0.3) is 0 Å². The number of benzene rings is 1. The Bertz CT molecular complexity index is 453. The third-order valence-electron chi connectivity index (χ3n) is 1.99. The van der Waals surface area contributed by atoms with Crippen LogP contribution in [0.5, 0.6) is 17.2 Å². The SMILES string of the molecule is NNC(=O)C(F)(F)Oc1ccc2c(c1)OCO2. The third-order valence-corrected chi connectivity index (χ3v) is 1.99. The van der Waals surface area contributed by atoms with Crippen molar-refractivity contribution in [1.29, 1.82) is 0 Å². The van der Waals surface area contributed by atoms with Gasteiger partial charge in [-0.2, -0.15) is 8.78 Å². The molecule has 0 aliphatic carbocycles. The number of rotatable bonds is 3. The molecule has 0 saturated heterocycles. The number of halogens is 2. The molecule has 1 aliphatic rings. The van der Waals surface area contributed by atoms with Crippen LogP contribution in [0.2, 0.25) is 0 Å². The fourth-order valence-electron chi connectivity index (χ4n) is 1.22. The van der Waals surface area contributed by atoms with Gasteiger partial charge in [-0.25, -0.2) is 5.84 Å². The van der Waals surface area contributed by atoms with Gasteiger partial charge in [-0.1, -0.05) is 0 Å². The van der Waals surface area contributed by atoms with E-state index in [1.807, 2.05) is 0 Å². The molecule has 0 atom stereocenters. The summed E-state index contributed by atoms with van der Waals surface area (Å²) in [5, 5.41) is 0. The topological polar surface area (TPSA) is 82.8 Å². The zero-order valence-electron chi connectivity index (χ0n) is 8.41. The molecule has 1 aliphatic heterocycles. The zero-order chi connectivity index (χ0) is 12.5. The molecule has 1 heterocycles. The molecule has 1 amide bonds. The number of fused-ring (bicyclic) bond motifs is 1. The van der Waals surface area contributed by atoms with Crippen LogP contribution < -0.4 is 25.5 Å². The molecule has 0 spiro atoms. The summed E-state index contributed by atoms with van der Waals surface area (Å²) in [6, 6.07) is 3.82. The number of amides is 1. The van der Waals surface area contributed by atoms with E-state index in [1.54, 1.807) is 0 Å². The van der Waals surface area contributed by atoms with E-state index in [0.29, 0.717) is 5.75 Å². The lowest BCUT2D eigenvalue weighted by Gasteiger charge is -2.15. The lowest BCUT2D eigenvalue weighted by atomic mass is 10.3. The summed E-state index contributed by atoms with van der Waals surface area (Å²) in [6.07, 6.45) is -4.05. The van der Waals surface area contributed by atoms with E-state index < -0.39 is 12.0 Å². The van der Waals surface area contributed by atoms with Gasteiger partial charge in [-0.3, -0.25) is 10.2 Å². The van der Waals surface area contributed by atoms with Crippen LogP contribution in [0.3, 0.4) is 0 Å². The fourth-order valence-corrected chi connectivity index (χ4v) is 1.22. The average molecular weight is 246 g/mol. The van der Waals surface area contributed by atoms with Crippen molar-refractivity contribution in [2.24, 2.45) is 5.84 Å². The van der Waals surface area contributed by atoms with E-state index in [2.05, 4.69) is 10.6 Å². The van der Waals surface area contributed by atoms with Crippen molar-refractivity contribution in [1.82, 2.24) is 5.43 Å². The molecule has 0 bridgehead atoms. The van der Waals surface area contributed by atoms with Gasteiger partial charge < -0.3 is 14.2 Å². The number of ether oxygens (including phenoxy) is 3. The number of hydrazine groups is 1. The largest absolute Gasteiger partial charge is 0.483 e. The maximum absolute atomic E-state index is 13.1. The number of carbonyl (C=O) groups excluding carboxylic acids is 1. The summed E-state index contributed by atoms with van der Waals surface area (Å²) in [5.41, 5.74) is 1.31. The Kier molecular flexibility index (Phi) is 2.72.